The molecule has 0 radical (unpaired) electrons. The molecule has 0 fully saturated rings. The standard InChI is InChI=1S/C6H6N6O3S2/c7-4(13)9-2-1-3(17-16-1)12(6(15)10-2)11-5(8)14/h(H3,8,11,14)(H3,7,9,10,13,15). The maximum absolute atomic E-state index is 11.5. The first-order valence-corrected chi connectivity index (χ1v) is 6.28. The number of fused-ring (bicyclic) bond motifs is 1. The largest absolute Gasteiger partial charge is 0.369 e. The van der Waals surface area contributed by atoms with Crippen LogP contribution in [0.2, 0.25) is 0 Å². The molecule has 2 heterocycles. The minimum Gasteiger partial charge on any atom is -0.351 e. The third kappa shape index (κ3) is 2.05. The van der Waals surface area contributed by atoms with Crippen molar-refractivity contribution >= 4 is 48.1 Å². The number of urea groups is 2. The molecule has 0 aromatic carbocycles. The van der Waals surface area contributed by atoms with E-state index < -0.39 is 17.8 Å². The van der Waals surface area contributed by atoms with Crippen molar-refractivity contribution in [3.8, 4) is 0 Å². The highest BCUT2D eigenvalue weighted by atomic mass is 32.9. The van der Waals surface area contributed by atoms with Gasteiger partial charge in [-0.2, -0.15) is 9.66 Å². The van der Waals surface area contributed by atoms with Gasteiger partial charge in [-0.15, -0.1) is 0 Å². The fraction of sp³-hybridized carbons (Fsp3) is 0. The minimum absolute atomic E-state index is 0.0729. The maximum Gasteiger partial charge on any atom is 0.369 e. The fourth-order valence-corrected chi connectivity index (χ4v) is 3.08. The molecule has 90 valence electrons. The predicted octanol–water partition coefficient (Wildman–Crippen LogP) is -0.368. The lowest BCUT2D eigenvalue weighted by Gasteiger charge is -2.12. The van der Waals surface area contributed by atoms with E-state index in [1.54, 1.807) is 0 Å². The molecule has 0 saturated carbocycles. The van der Waals surface area contributed by atoms with Gasteiger partial charge >= 0.3 is 17.8 Å². The van der Waals surface area contributed by atoms with Crippen LogP contribution in [0.15, 0.2) is 4.79 Å². The van der Waals surface area contributed by atoms with Crippen LogP contribution < -0.4 is 27.9 Å². The zero-order valence-electron chi connectivity index (χ0n) is 8.09. The summed E-state index contributed by atoms with van der Waals surface area (Å²) in [6.07, 6.45) is 0. The summed E-state index contributed by atoms with van der Waals surface area (Å²) in [5, 5.41) is 2.22. The van der Waals surface area contributed by atoms with Crippen LogP contribution in [0.3, 0.4) is 0 Å². The molecule has 0 spiro atoms. The van der Waals surface area contributed by atoms with Crippen molar-refractivity contribution in [3.63, 3.8) is 0 Å². The lowest BCUT2D eigenvalue weighted by molar-refractivity contribution is 0.256. The number of aromatic nitrogens is 2. The van der Waals surface area contributed by atoms with Gasteiger partial charge in [0.05, 0.1) is 0 Å². The molecule has 0 aliphatic heterocycles. The van der Waals surface area contributed by atoms with Crippen molar-refractivity contribution in [2.45, 2.75) is 0 Å². The van der Waals surface area contributed by atoms with Gasteiger partial charge in [-0.05, 0) is 0 Å². The Hall–Kier alpha value is -2.14. The number of nitrogens with zero attached hydrogens (tertiary/aromatic N) is 2. The molecule has 9 nitrogen and oxygen atoms in total. The smallest absolute Gasteiger partial charge is 0.351 e. The number of hydrogen-bond donors (Lipinski definition) is 4. The Kier molecular flexibility index (Phi) is 2.69. The molecule has 0 unspecified atom stereocenters. The predicted molar refractivity (Wildman–Crippen MR) is 63.9 cm³/mol. The molecule has 2 aromatic heterocycles. The monoisotopic (exact) mass is 274 g/mol. The molecular weight excluding hydrogens is 268 g/mol. The second-order valence-corrected chi connectivity index (χ2v) is 4.97. The molecule has 0 atom stereocenters. The molecule has 2 aromatic rings. The highest BCUT2D eigenvalue weighted by Gasteiger charge is 2.16. The maximum atomic E-state index is 11.5. The second-order valence-electron chi connectivity index (χ2n) is 2.84. The van der Waals surface area contributed by atoms with Crippen molar-refractivity contribution in [1.29, 1.82) is 0 Å². The Morgan fingerprint density at radius 2 is 1.94 bits per heavy atom. The van der Waals surface area contributed by atoms with E-state index in [0.29, 0.717) is 9.53 Å². The number of nitrogens with one attached hydrogen (secondary N) is 2. The van der Waals surface area contributed by atoms with Crippen molar-refractivity contribution in [2.24, 2.45) is 11.5 Å². The Morgan fingerprint density at radius 1 is 1.24 bits per heavy atom. The van der Waals surface area contributed by atoms with E-state index in [1.165, 1.54) is 20.7 Å². The number of carbonyl (C=O) groups is 2. The van der Waals surface area contributed by atoms with Crippen molar-refractivity contribution in [1.82, 2.24) is 9.66 Å². The van der Waals surface area contributed by atoms with E-state index >= 15 is 0 Å². The zero-order chi connectivity index (χ0) is 12.6. The first kappa shape index (κ1) is 11.3. The normalized spacial score (nSPS) is 10.4. The van der Waals surface area contributed by atoms with Crippen LogP contribution >= 0.6 is 20.7 Å². The third-order valence-corrected chi connectivity index (χ3v) is 4.21. The van der Waals surface area contributed by atoms with E-state index in [4.69, 9.17) is 11.5 Å². The first-order valence-electron chi connectivity index (χ1n) is 4.13. The molecule has 6 N–H and O–H groups in total. The molecular formula is C6H6N6O3S2. The number of carbonyl (C=O) groups excluding carboxylic acids is 2. The van der Waals surface area contributed by atoms with Crippen LogP contribution in [-0.2, 0) is 0 Å². The number of primary amides is 2. The number of amides is 4. The van der Waals surface area contributed by atoms with Crippen LogP contribution in [0.4, 0.5) is 15.4 Å². The molecule has 0 bridgehead atoms. The molecule has 0 aliphatic rings. The number of anilines is 1. The minimum atomic E-state index is -0.885. The molecule has 0 saturated heterocycles. The van der Waals surface area contributed by atoms with Crippen molar-refractivity contribution in [3.05, 3.63) is 10.5 Å². The summed E-state index contributed by atoms with van der Waals surface area (Å²) in [6, 6.07) is -1.71. The number of nitrogens with two attached hydrogens (primary N) is 2. The quantitative estimate of drug-likeness (QED) is 0.553. The van der Waals surface area contributed by atoms with Gasteiger partial charge in [0, 0.05) is 0 Å². The van der Waals surface area contributed by atoms with Gasteiger partial charge in [-0.1, -0.05) is 20.7 Å². The van der Waals surface area contributed by atoms with Crippen LogP contribution in [0.1, 0.15) is 0 Å². The summed E-state index contributed by atoms with van der Waals surface area (Å²) in [5.74, 6) is 0.0729. The van der Waals surface area contributed by atoms with Gasteiger partial charge in [0.15, 0.2) is 10.6 Å². The summed E-state index contributed by atoms with van der Waals surface area (Å²) in [4.78, 5) is 36.9. The average molecular weight is 274 g/mol. The lowest BCUT2D eigenvalue weighted by Crippen LogP contribution is -2.38. The Morgan fingerprint density at radius 3 is 2.41 bits per heavy atom. The first-order chi connectivity index (χ1) is 7.99. The van der Waals surface area contributed by atoms with E-state index in [-0.39, 0.29) is 5.82 Å². The summed E-state index contributed by atoms with van der Waals surface area (Å²) < 4.78 is 1.45. The Bertz CT molecular complexity index is 654. The van der Waals surface area contributed by atoms with Gasteiger partial charge in [0.2, 0.25) is 0 Å². The van der Waals surface area contributed by atoms with E-state index in [9.17, 15) is 14.4 Å². The highest BCUT2D eigenvalue weighted by molar-refractivity contribution is 7.78. The van der Waals surface area contributed by atoms with Crippen molar-refractivity contribution in [2.75, 3.05) is 10.7 Å². The van der Waals surface area contributed by atoms with E-state index in [0.717, 1.165) is 4.68 Å². The molecule has 11 heteroatoms. The molecule has 4 amide bonds. The van der Waals surface area contributed by atoms with Crippen LogP contribution in [0.25, 0.3) is 9.53 Å². The summed E-state index contributed by atoms with van der Waals surface area (Å²) in [5.41, 5.74) is 11.2. The number of rotatable bonds is 2. The zero-order valence-corrected chi connectivity index (χ0v) is 9.72. The van der Waals surface area contributed by atoms with Crippen LogP contribution in [0.5, 0.6) is 0 Å². The highest BCUT2D eigenvalue weighted by Crippen LogP contribution is 2.34. The summed E-state index contributed by atoms with van der Waals surface area (Å²) in [7, 11) is 2.51. The fourth-order valence-electron chi connectivity index (χ4n) is 1.09. The van der Waals surface area contributed by atoms with E-state index in [1.807, 2.05) is 0 Å². The van der Waals surface area contributed by atoms with Gasteiger partial charge in [-0.3, -0.25) is 5.32 Å². The Balaban J connectivity index is 2.53. The SMILES string of the molecule is NC(=O)Nc1nc(=O)n(NC(N)=O)c2ssc12. The van der Waals surface area contributed by atoms with Crippen LogP contribution in [0, 0.1) is 0 Å². The third-order valence-electron chi connectivity index (χ3n) is 1.68. The van der Waals surface area contributed by atoms with Crippen LogP contribution in [-0.4, -0.2) is 21.7 Å². The second kappa shape index (κ2) is 4.03. The van der Waals surface area contributed by atoms with E-state index in [2.05, 4.69) is 15.7 Å². The molecule has 2 rings (SSSR count). The number of hydrogen-bond acceptors (Lipinski definition) is 6. The van der Waals surface area contributed by atoms with Gasteiger partial charge < -0.3 is 11.5 Å². The average Bonchev–Trinajstić information content (AvgIpc) is 2.10. The summed E-state index contributed by atoms with van der Waals surface area (Å²) >= 11 is 0. The lowest BCUT2D eigenvalue weighted by atomic mass is 10.5. The van der Waals surface area contributed by atoms with Gasteiger partial charge in [0.25, 0.3) is 0 Å². The van der Waals surface area contributed by atoms with Crippen molar-refractivity contribution < 1.29 is 9.59 Å². The van der Waals surface area contributed by atoms with Gasteiger partial charge in [0.1, 0.15) is 4.70 Å². The topological polar surface area (TPSA) is 145 Å². The summed E-state index contributed by atoms with van der Waals surface area (Å²) in [6.45, 7) is 0. The molecule has 17 heavy (non-hydrogen) atoms. The Labute approximate surface area is 100 Å². The van der Waals surface area contributed by atoms with Gasteiger partial charge in [-0.25, -0.2) is 19.8 Å². The molecule has 0 aliphatic carbocycles.